The summed E-state index contributed by atoms with van der Waals surface area (Å²) in [6.07, 6.45) is 2.25. The van der Waals surface area contributed by atoms with Crippen LogP contribution >= 0.6 is 0 Å². The lowest BCUT2D eigenvalue weighted by atomic mass is 10.3. The van der Waals surface area contributed by atoms with Crippen LogP contribution in [0.2, 0.25) is 0 Å². The fourth-order valence-electron chi connectivity index (χ4n) is 0.953. The van der Waals surface area contributed by atoms with Crippen molar-refractivity contribution in [1.29, 1.82) is 0 Å². The molecule has 0 aromatic heterocycles. The van der Waals surface area contributed by atoms with Gasteiger partial charge in [0.2, 0.25) is 0 Å². The Labute approximate surface area is 97.0 Å². The van der Waals surface area contributed by atoms with Crippen LogP contribution in [0.5, 0.6) is 0 Å². The van der Waals surface area contributed by atoms with Crippen molar-refractivity contribution in [1.82, 2.24) is 0 Å². The van der Waals surface area contributed by atoms with Crippen LogP contribution in [0.4, 0.5) is 0 Å². The molecule has 0 unspecified atom stereocenters. The van der Waals surface area contributed by atoms with Crippen LogP contribution in [0.1, 0.15) is 12.8 Å². The van der Waals surface area contributed by atoms with Gasteiger partial charge in [-0.1, -0.05) is 0 Å². The van der Waals surface area contributed by atoms with Crippen LogP contribution in [-0.4, -0.2) is 59.6 Å². The van der Waals surface area contributed by atoms with Crippen LogP contribution in [0.3, 0.4) is 0 Å². The fourth-order valence-corrected chi connectivity index (χ4v) is 0.953. The lowest BCUT2D eigenvalue weighted by Crippen LogP contribution is -2.11. The Kier molecular flexibility index (Phi) is 14.1. The normalized spacial score (nSPS) is 10.6. The first kappa shape index (κ1) is 15.5. The molecule has 0 saturated carbocycles. The number of methoxy groups -OCH3 is 1. The van der Waals surface area contributed by atoms with E-state index in [2.05, 4.69) is 0 Å². The van der Waals surface area contributed by atoms with Crippen LogP contribution in [-0.2, 0) is 23.7 Å². The molecule has 5 heteroatoms. The standard InChI is InChI=1S/C11H22O5/c1-13-6-7-15-10-11-16-9-8-14-5-3-2-4-12/h4H,2-3,5-11H2,1H3. The van der Waals surface area contributed by atoms with E-state index in [9.17, 15) is 4.79 Å². The molecule has 96 valence electrons. The second kappa shape index (κ2) is 14.5. The highest BCUT2D eigenvalue weighted by molar-refractivity contribution is 5.48. The van der Waals surface area contributed by atoms with Crippen molar-refractivity contribution in [2.75, 3.05) is 53.4 Å². The van der Waals surface area contributed by atoms with Gasteiger partial charge in [-0.05, 0) is 6.42 Å². The molecule has 16 heavy (non-hydrogen) atoms. The van der Waals surface area contributed by atoms with Crippen molar-refractivity contribution in [3.05, 3.63) is 0 Å². The zero-order valence-electron chi connectivity index (χ0n) is 9.98. The quantitative estimate of drug-likeness (QED) is 0.346. The van der Waals surface area contributed by atoms with Crippen molar-refractivity contribution in [2.24, 2.45) is 0 Å². The predicted molar refractivity (Wildman–Crippen MR) is 59.6 cm³/mol. The smallest absolute Gasteiger partial charge is 0.120 e. The summed E-state index contributed by atoms with van der Waals surface area (Å²) in [4.78, 5) is 9.98. The third-order valence-corrected chi connectivity index (χ3v) is 1.79. The molecular weight excluding hydrogens is 212 g/mol. The second-order valence-corrected chi connectivity index (χ2v) is 3.14. The van der Waals surface area contributed by atoms with Crippen molar-refractivity contribution < 1.29 is 23.7 Å². The first-order chi connectivity index (χ1) is 7.91. The second-order valence-electron chi connectivity index (χ2n) is 3.14. The molecule has 0 amide bonds. The Morgan fingerprint density at radius 1 is 0.812 bits per heavy atom. The SMILES string of the molecule is COCCOCCOCCOCCCC=O. The third kappa shape index (κ3) is 13.5. The van der Waals surface area contributed by atoms with Gasteiger partial charge < -0.3 is 23.7 Å². The minimum atomic E-state index is 0.564. The Hall–Kier alpha value is -0.490. The number of rotatable bonds is 13. The number of hydrogen-bond acceptors (Lipinski definition) is 5. The highest BCUT2D eigenvalue weighted by atomic mass is 16.6. The maximum Gasteiger partial charge on any atom is 0.120 e. The third-order valence-electron chi connectivity index (χ3n) is 1.79. The first-order valence-corrected chi connectivity index (χ1v) is 5.57. The average Bonchev–Trinajstić information content (AvgIpc) is 2.31. The number of hydrogen-bond donors (Lipinski definition) is 0. The zero-order valence-corrected chi connectivity index (χ0v) is 9.98. The van der Waals surface area contributed by atoms with Gasteiger partial charge in [-0.2, -0.15) is 0 Å². The molecule has 0 aliphatic carbocycles. The Morgan fingerprint density at radius 3 is 1.81 bits per heavy atom. The number of aldehydes is 1. The highest BCUT2D eigenvalue weighted by Crippen LogP contribution is 1.87. The molecule has 0 saturated heterocycles. The summed E-state index contributed by atoms with van der Waals surface area (Å²) >= 11 is 0. The maximum absolute atomic E-state index is 9.98. The number of carbonyl (C=O) groups is 1. The van der Waals surface area contributed by atoms with Gasteiger partial charge in [0.25, 0.3) is 0 Å². The number of unbranched alkanes of at least 4 members (excludes halogenated alkanes) is 1. The molecule has 0 spiro atoms. The van der Waals surface area contributed by atoms with Crippen LogP contribution < -0.4 is 0 Å². The molecule has 0 fully saturated rings. The Bertz CT molecular complexity index is 140. The van der Waals surface area contributed by atoms with E-state index in [1.807, 2.05) is 0 Å². The van der Waals surface area contributed by atoms with Gasteiger partial charge in [-0.15, -0.1) is 0 Å². The molecule has 5 nitrogen and oxygen atoms in total. The van der Waals surface area contributed by atoms with Gasteiger partial charge in [0.1, 0.15) is 6.29 Å². The Morgan fingerprint density at radius 2 is 1.31 bits per heavy atom. The van der Waals surface area contributed by atoms with E-state index in [0.29, 0.717) is 52.7 Å². The zero-order chi connectivity index (χ0) is 11.9. The molecule has 0 heterocycles. The highest BCUT2D eigenvalue weighted by Gasteiger charge is 1.91. The molecular formula is C11H22O5. The van der Waals surface area contributed by atoms with Gasteiger partial charge in [-0.3, -0.25) is 0 Å². The number of carbonyl (C=O) groups excluding carboxylic acids is 1. The van der Waals surface area contributed by atoms with Crippen molar-refractivity contribution >= 4 is 6.29 Å². The summed E-state index contributed by atoms with van der Waals surface area (Å²) in [5.74, 6) is 0. The summed E-state index contributed by atoms with van der Waals surface area (Å²) in [7, 11) is 1.64. The average molecular weight is 234 g/mol. The number of ether oxygens (including phenoxy) is 4. The van der Waals surface area contributed by atoms with Gasteiger partial charge in [0, 0.05) is 20.1 Å². The molecule has 0 aliphatic heterocycles. The van der Waals surface area contributed by atoms with Gasteiger partial charge >= 0.3 is 0 Å². The van der Waals surface area contributed by atoms with E-state index in [0.717, 1.165) is 12.7 Å². The first-order valence-electron chi connectivity index (χ1n) is 5.57. The van der Waals surface area contributed by atoms with Crippen molar-refractivity contribution in [3.8, 4) is 0 Å². The lowest BCUT2D eigenvalue weighted by molar-refractivity contribution is -0.108. The van der Waals surface area contributed by atoms with Crippen molar-refractivity contribution in [3.63, 3.8) is 0 Å². The minimum absolute atomic E-state index is 0.564. The monoisotopic (exact) mass is 234 g/mol. The molecule has 0 bridgehead atoms. The maximum atomic E-state index is 9.98. The van der Waals surface area contributed by atoms with E-state index in [1.54, 1.807) is 7.11 Å². The van der Waals surface area contributed by atoms with E-state index in [4.69, 9.17) is 18.9 Å². The summed E-state index contributed by atoms with van der Waals surface area (Å²) in [5, 5.41) is 0. The van der Waals surface area contributed by atoms with E-state index >= 15 is 0 Å². The Balaban J connectivity index is 2.85. The topological polar surface area (TPSA) is 54.0 Å². The molecule has 0 aromatic rings. The van der Waals surface area contributed by atoms with Gasteiger partial charge in [-0.25, -0.2) is 0 Å². The summed E-state index contributed by atoms with van der Waals surface area (Å²) in [6.45, 7) is 4.11. The molecule has 0 atom stereocenters. The molecule has 0 radical (unpaired) electrons. The van der Waals surface area contributed by atoms with Crippen LogP contribution in [0.25, 0.3) is 0 Å². The van der Waals surface area contributed by atoms with Crippen molar-refractivity contribution in [2.45, 2.75) is 12.8 Å². The van der Waals surface area contributed by atoms with E-state index in [-0.39, 0.29) is 0 Å². The largest absolute Gasteiger partial charge is 0.382 e. The summed E-state index contributed by atoms with van der Waals surface area (Å²) in [6, 6.07) is 0. The fraction of sp³-hybridized carbons (Fsp3) is 0.909. The van der Waals surface area contributed by atoms with E-state index in [1.165, 1.54) is 0 Å². The van der Waals surface area contributed by atoms with Gasteiger partial charge in [0.15, 0.2) is 0 Å². The molecule has 0 aromatic carbocycles. The van der Waals surface area contributed by atoms with Crippen LogP contribution in [0, 0.1) is 0 Å². The molecule has 0 rings (SSSR count). The lowest BCUT2D eigenvalue weighted by Gasteiger charge is -2.06. The van der Waals surface area contributed by atoms with E-state index < -0.39 is 0 Å². The predicted octanol–water partition coefficient (Wildman–Crippen LogP) is 0.662. The van der Waals surface area contributed by atoms with Crippen LogP contribution in [0.15, 0.2) is 0 Å². The van der Waals surface area contributed by atoms with Gasteiger partial charge in [0.05, 0.1) is 39.6 Å². The summed E-state index contributed by atoms with van der Waals surface area (Å²) in [5.41, 5.74) is 0. The molecule has 0 aliphatic rings. The summed E-state index contributed by atoms with van der Waals surface area (Å²) < 4.78 is 20.5. The minimum Gasteiger partial charge on any atom is -0.382 e. The molecule has 0 N–H and O–H groups in total.